The van der Waals surface area contributed by atoms with Gasteiger partial charge in [-0.3, -0.25) is 4.55 Å². The molecule has 0 unspecified atom stereocenters. The summed E-state index contributed by atoms with van der Waals surface area (Å²) >= 11 is 0. The molecule has 1 N–H and O–H groups in total. The summed E-state index contributed by atoms with van der Waals surface area (Å²) in [5.41, 5.74) is 7.42. The Labute approximate surface area is 215 Å². The fourth-order valence-electron chi connectivity index (χ4n) is 5.62. The van der Waals surface area contributed by atoms with Crippen molar-refractivity contribution in [3.63, 3.8) is 0 Å². The van der Waals surface area contributed by atoms with Gasteiger partial charge in [0.05, 0.1) is 0 Å². The summed E-state index contributed by atoms with van der Waals surface area (Å²) in [7, 11) is -4.35. The molecule has 3 nitrogen and oxygen atoms in total. The van der Waals surface area contributed by atoms with Crippen LogP contribution >= 0.6 is 0 Å². The predicted octanol–water partition coefficient (Wildman–Crippen LogP) is 9.11. The van der Waals surface area contributed by atoms with Crippen LogP contribution in [-0.4, -0.2) is 13.0 Å². The van der Waals surface area contributed by atoms with Gasteiger partial charge in [-0.15, -0.1) is 0 Å². The van der Waals surface area contributed by atoms with Gasteiger partial charge in [-0.1, -0.05) is 66.7 Å². The van der Waals surface area contributed by atoms with Crippen LogP contribution in [0.2, 0.25) is 0 Å². The topological polar surface area (TPSA) is 54.4 Å². The van der Waals surface area contributed by atoms with E-state index in [1.807, 2.05) is 6.92 Å². The highest BCUT2D eigenvalue weighted by Crippen LogP contribution is 2.41. The van der Waals surface area contributed by atoms with E-state index < -0.39 is 10.1 Å². The zero-order valence-electron chi connectivity index (χ0n) is 23.4. The normalized spacial score (nSPS) is 12.1. The second-order valence-electron chi connectivity index (χ2n) is 10.3. The van der Waals surface area contributed by atoms with Crippen molar-refractivity contribution < 1.29 is 13.0 Å². The number of unbranched alkanes of at least 4 members (excludes halogenated alkanes) is 5. The molecule has 0 bridgehead atoms. The van der Waals surface area contributed by atoms with Crippen LogP contribution in [-0.2, 0) is 42.2 Å². The number of fused-ring (bicyclic) bond motifs is 1. The summed E-state index contributed by atoms with van der Waals surface area (Å²) in [4.78, 5) is 0.163. The van der Waals surface area contributed by atoms with Crippen molar-refractivity contribution in [3.05, 3.63) is 39.4 Å². The smallest absolute Gasteiger partial charge is 0.282 e. The van der Waals surface area contributed by atoms with Gasteiger partial charge in [0.15, 0.2) is 0 Å². The zero-order chi connectivity index (χ0) is 26.0. The first-order chi connectivity index (χ1) is 16.8. The van der Waals surface area contributed by atoms with Crippen LogP contribution in [0.1, 0.15) is 132 Å². The van der Waals surface area contributed by atoms with Crippen LogP contribution in [0.25, 0.3) is 10.8 Å². The molecule has 0 spiro atoms. The van der Waals surface area contributed by atoms with Crippen molar-refractivity contribution in [2.75, 3.05) is 0 Å². The average Bonchev–Trinajstić information content (AvgIpc) is 2.81. The van der Waals surface area contributed by atoms with Crippen molar-refractivity contribution in [1.29, 1.82) is 0 Å². The van der Waals surface area contributed by atoms with Crippen LogP contribution < -0.4 is 0 Å². The molecule has 4 heteroatoms. The van der Waals surface area contributed by atoms with Gasteiger partial charge < -0.3 is 0 Å². The molecule has 0 saturated carbocycles. The molecule has 0 aliphatic rings. The van der Waals surface area contributed by atoms with E-state index in [-0.39, 0.29) is 4.90 Å². The molecule has 0 radical (unpaired) electrons. The Morgan fingerprint density at radius 2 is 1.03 bits per heavy atom. The van der Waals surface area contributed by atoms with Crippen LogP contribution in [0.5, 0.6) is 0 Å². The zero-order valence-corrected chi connectivity index (χ0v) is 24.2. The Morgan fingerprint density at radius 1 is 0.629 bits per heavy atom. The van der Waals surface area contributed by atoms with Crippen LogP contribution in [0.15, 0.2) is 11.0 Å². The minimum atomic E-state index is -4.35. The highest BCUT2D eigenvalue weighted by atomic mass is 32.2. The Kier molecular flexibility index (Phi) is 12.3. The Bertz CT molecular complexity index is 1070. The van der Waals surface area contributed by atoms with Gasteiger partial charge in [0, 0.05) is 5.39 Å². The second-order valence-corrected chi connectivity index (χ2v) is 11.7. The number of aryl methyl sites for hydroxylation is 3. The number of rotatable bonds is 16. The molecule has 0 aliphatic carbocycles. The number of hydrogen-bond donors (Lipinski definition) is 1. The fraction of sp³-hybridized carbons (Fsp3) is 0.677. The molecule has 0 aromatic heterocycles. The Balaban J connectivity index is 3.14. The summed E-state index contributed by atoms with van der Waals surface area (Å²) < 4.78 is 36.3. The third kappa shape index (κ3) is 7.32. The molecular formula is C31H50O3S. The second kappa shape index (κ2) is 14.4. The summed E-state index contributed by atoms with van der Waals surface area (Å²) in [6, 6.07) is 2.15. The molecule has 0 fully saturated rings. The van der Waals surface area contributed by atoms with Crippen molar-refractivity contribution >= 4 is 20.9 Å². The lowest BCUT2D eigenvalue weighted by atomic mass is 9.81. The predicted molar refractivity (Wildman–Crippen MR) is 152 cm³/mol. The Hall–Kier alpha value is -1.39. The summed E-state index contributed by atoms with van der Waals surface area (Å²) in [6.07, 6.45) is 15.8. The van der Waals surface area contributed by atoms with E-state index in [2.05, 4.69) is 40.7 Å². The number of hydrogen-bond acceptors (Lipinski definition) is 2. The van der Waals surface area contributed by atoms with Gasteiger partial charge in [-0.2, -0.15) is 8.42 Å². The highest BCUT2D eigenvalue weighted by molar-refractivity contribution is 7.86. The molecule has 2 rings (SSSR count). The van der Waals surface area contributed by atoms with Gasteiger partial charge in [-0.05, 0) is 116 Å². The average molecular weight is 503 g/mol. The summed E-state index contributed by atoms with van der Waals surface area (Å²) in [5, 5.41) is 1.93. The monoisotopic (exact) mass is 502 g/mol. The largest absolute Gasteiger partial charge is 0.295 e. The van der Waals surface area contributed by atoms with Gasteiger partial charge in [0.2, 0.25) is 0 Å². The SMILES string of the molecule is CCCCc1cc2c(S(=O)(=O)O)c(C)c(CCCC)c(CCCC)c2c(CCCC)c1CCCC. The molecule has 198 valence electrons. The summed E-state index contributed by atoms with van der Waals surface area (Å²) in [6.45, 7) is 13.0. The lowest BCUT2D eigenvalue weighted by Crippen LogP contribution is -2.13. The molecule has 2 aromatic rings. The summed E-state index contributed by atoms with van der Waals surface area (Å²) in [5.74, 6) is 0. The van der Waals surface area contributed by atoms with E-state index >= 15 is 0 Å². The number of benzene rings is 2. The first-order valence-corrected chi connectivity index (χ1v) is 15.8. The molecule has 0 saturated heterocycles. The fourth-order valence-corrected chi connectivity index (χ4v) is 6.57. The van der Waals surface area contributed by atoms with Crippen molar-refractivity contribution in [2.24, 2.45) is 0 Å². The highest BCUT2D eigenvalue weighted by Gasteiger charge is 2.27. The molecule has 35 heavy (non-hydrogen) atoms. The molecule has 0 heterocycles. The van der Waals surface area contributed by atoms with Crippen molar-refractivity contribution in [1.82, 2.24) is 0 Å². The lowest BCUT2D eigenvalue weighted by molar-refractivity contribution is 0.483. The van der Waals surface area contributed by atoms with Crippen LogP contribution in [0, 0.1) is 6.92 Å². The third-order valence-electron chi connectivity index (χ3n) is 7.52. The maximum Gasteiger partial charge on any atom is 0.295 e. The molecular weight excluding hydrogens is 452 g/mol. The first-order valence-electron chi connectivity index (χ1n) is 14.4. The minimum Gasteiger partial charge on any atom is -0.282 e. The quantitative estimate of drug-likeness (QED) is 0.233. The van der Waals surface area contributed by atoms with Gasteiger partial charge in [-0.25, -0.2) is 0 Å². The molecule has 0 atom stereocenters. The van der Waals surface area contributed by atoms with Crippen molar-refractivity contribution in [2.45, 2.75) is 143 Å². The molecule has 0 amide bonds. The molecule has 2 aromatic carbocycles. The van der Waals surface area contributed by atoms with E-state index in [1.165, 1.54) is 27.8 Å². The Morgan fingerprint density at radius 3 is 1.49 bits per heavy atom. The maximum absolute atomic E-state index is 12.9. The minimum absolute atomic E-state index is 0.163. The van der Waals surface area contributed by atoms with Crippen LogP contribution in [0.4, 0.5) is 0 Å². The van der Waals surface area contributed by atoms with Gasteiger partial charge >= 0.3 is 0 Å². The van der Waals surface area contributed by atoms with Gasteiger partial charge in [0.25, 0.3) is 10.1 Å². The van der Waals surface area contributed by atoms with E-state index in [0.717, 1.165) is 113 Å². The van der Waals surface area contributed by atoms with Crippen LogP contribution in [0.3, 0.4) is 0 Å². The van der Waals surface area contributed by atoms with E-state index in [9.17, 15) is 13.0 Å². The van der Waals surface area contributed by atoms with E-state index in [1.54, 1.807) is 0 Å². The van der Waals surface area contributed by atoms with E-state index in [4.69, 9.17) is 0 Å². The molecule has 0 aliphatic heterocycles. The van der Waals surface area contributed by atoms with Gasteiger partial charge in [0.1, 0.15) is 4.90 Å². The first kappa shape index (κ1) is 29.8. The van der Waals surface area contributed by atoms with Crippen molar-refractivity contribution in [3.8, 4) is 0 Å². The van der Waals surface area contributed by atoms with E-state index in [0.29, 0.717) is 0 Å². The lowest BCUT2D eigenvalue weighted by Gasteiger charge is -2.25. The maximum atomic E-state index is 12.9. The third-order valence-corrected chi connectivity index (χ3v) is 8.57. The standard InChI is InChI=1S/C31H50O3S/c1-7-12-17-24-22-29-30(28(21-16-11-5)26(24)19-14-9-3)27(20-15-10-4)25(18-13-8-2)23(6)31(29)35(32,33)34/h22H,7-21H2,1-6H3,(H,32,33,34).